The first-order chi connectivity index (χ1) is 11.5. The lowest BCUT2D eigenvalue weighted by molar-refractivity contribution is -0.115. The normalized spacial score (nSPS) is 12.0. The molecule has 0 unspecified atom stereocenters. The predicted molar refractivity (Wildman–Crippen MR) is 96.1 cm³/mol. The zero-order valence-electron chi connectivity index (χ0n) is 13.7. The number of nitrogen functional groups attached to an aromatic ring is 1. The molecule has 0 aliphatic heterocycles. The second kappa shape index (κ2) is 8.25. The van der Waals surface area contributed by atoms with Gasteiger partial charge in [0.15, 0.2) is 5.82 Å². The van der Waals surface area contributed by atoms with Crippen LogP contribution in [0.5, 0.6) is 5.75 Å². The number of thioether (sulfide) groups is 1. The van der Waals surface area contributed by atoms with E-state index in [9.17, 15) is 4.79 Å². The minimum atomic E-state index is -0.396. The molecule has 0 aliphatic carbocycles. The number of hydrogen-bond acceptors (Lipinski definition) is 6. The molecule has 0 fully saturated rings. The van der Waals surface area contributed by atoms with Crippen molar-refractivity contribution in [3.63, 3.8) is 0 Å². The average molecular weight is 370 g/mol. The van der Waals surface area contributed by atoms with E-state index in [-0.39, 0.29) is 5.91 Å². The molecule has 0 aliphatic rings. The zero-order valence-corrected chi connectivity index (χ0v) is 15.3. The summed E-state index contributed by atoms with van der Waals surface area (Å²) in [6.07, 6.45) is 1.67. The number of carbonyl (C=O) groups excluding carboxylic acids is 1. The van der Waals surface area contributed by atoms with Gasteiger partial charge in [-0.05, 0) is 31.5 Å². The molecule has 1 amide bonds. The van der Waals surface area contributed by atoms with Crippen molar-refractivity contribution in [2.24, 2.45) is 0 Å². The molecule has 0 saturated heterocycles. The van der Waals surface area contributed by atoms with E-state index in [0.717, 1.165) is 12.8 Å². The predicted octanol–water partition coefficient (Wildman–Crippen LogP) is 2.73. The largest absolute Gasteiger partial charge is 0.495 e. The lowest BCUT2D eigenvalue weighted by Crippen LogP contribution is -2.23. The highest BCUT2D eigenvalue weighted by Gasteiger charge is 2.19. The Balaban J connectivity index is 2.01. The molecule has 0 saturated carbocycles. The number of rotatable bonds is 7. The number of nitrogens with zero attached hydrogens (tertiary/aromatic N) is 3. The first-order valence-electron chi connectivity index (χ1n) is 7.46. The van der Waals surface area contributed by atoms with E-state index in [0.29, 0.717) is 27.4 Å². The van der Waals surface area contributed by atoms with E-state index < -0.39 is 5.25 Å². The van der Waals surface area contributed by atoms with E-state index in [1.54, 1.807) is 25.1 Å². The summed E-state index contributed by atoms with van der Waals surface area (Å²) in [4.78, 5) is 12.3. The van der Waals surface area contributed by atoms with Crippen molar-refractivity contribution in [1.29, 1.82) is 0 Å². The van der Waals surface area contributed by atoms with Gasteiger partial charge in [-0.1, -0.05) is 30.3 Å². The average Bonchev–Trinajstić information content (AvgIpc) is 2.88. The molecule has 9 heteroatoms. The maximum atomic E-state index is 12.3. The van der Waals surface area contributed by atoms with Gasteiger partial charge >= 0.3 is 0 Å². The Kier molecular flexibility index (Phi) is 6.33. The smallest absolute Gasteiger partial charge is 0.237 e. The summed E-state index contributed by atoms with van der Waals surface area (Å²) in [6.45, 7) is 3.82. The highest BCUT2D eigenvalue weighted by atomic mass is 35.5. The third-order valence-electron chi connectivity index (χ3n) is 3.28. The van der Waals surface area contributed by atoms with Gasteiger partial charge in [0, 0.05) is 12.1 Å². The Hall–Kier alpha value is -1.93. The van der Waals surface area contributed by atoms with Gasteiger partial charge in [0.05, 0.1) is 17.4 Å². The van der Waals surface area contributed by atoms with Crippen molar-refractivity contribution in [3.05, 3.63) is 29.0 Å². The molecule has 1 atom stereocenters. The van der Waals surface area contributed by atoms with Crippen LogP contribution in [0.4, 0.5) is 5.69 Å². The fraction of sp³-hybridized carbons (Fsp3) is 0.400. The van der Waals surface area contributed by atoms with Crippen LogP contribution in [0.1, 0.15) is 26.1 Å². The number of benzene rings is 1. The molecule has 1 aromatic carbocycles. The molecule has 0 spiro atoms. The quantitative estimate of drug-likeness (QED) is 0.575. The number of ether oxygens (including phenoxy) is 1. The van der Waals surface area contributed by atoms with Crippen molar-refractivity contribution < 1.29 is 9.53 Å². The number of aryl methyl sites for hydroxylation is 1. The third-order valence-corrected chi connectivity index (χ3v) is 4.63. The second-order valence-electron chi connectivity index (χ2n) is 5.12. The summed E-state index contributed by atoms with van der Waals surface area (Å²) in [7, 11) is 1.54. The Labute approximate surface area is 149 Å². The SMILES string of the molecule is CCCc1nnc(S[C@H](C)C(=O)Nc2ccc(OC)c(Cl)c2)n1N. The van der Waals surface area contributed by atoms with E-state index >= 15 is 0 Å². The number of amides is 1. The first-order valence-corrected chi connectivity index (χ1v) is 8.72. The fourth-order valence-electron chi connectivity index (χ4n) is 1.98. The number of nitrogens with one attached hydrogen (secondary N) is 1. The molecule has 1 aromatic heterocycles. The summed E-state index contributed by atoms with van der Waals surface area (Å²) in [5.74, 6) is 7.03. The van der Waals surface area contributed by atoms with Crippen molar-refractivity contribution in [2.45, 2.75) is 37.1 Å². The minimum absolute atomic E-state index is 0.179. The molecular formula is C15H20ClN5O2S. The van der Waals surface area contributed by atoms with Crippen LogP contribution in [0.2, 0.25) is 5.02 Å². The van der Waals surface area contributed by atoms with Gasteiger partial charge in [0.1, 0.15) is 5.75 Å². The number of methoxy groups -OCH3 is 1. The maximum Gasteiger partial charge on any atom is 0.237 e. The van der Waals surface area contributed by atoms with Crippen molar-refractivity contribution in [3.8, 4) is 5.75 Å². The molecule has 24 heavy (non-hydrogen) atoms. The van der Waals surface area contributed by atoms with Gasteiger partial charge in [0.2, 0.25) is 11.1 Å². The summed E-state index contributed by atoms with van der Waals surface area (Å²) < 4.78 is 6.52. The Morgan fingerprint density at radius 1 is 1.50 bits per heavy atom. The van der Waals surface area contributed by atoms with Crippen LogP contribution in [0, 0.1) is 0 Å². The monoisotopic (exact) mass is 369 g/mol. The van der Waals surface area contributed by atoms with Gasteiger partial charge in [-0.25, -0.2) is 4.68 Å². The second-order valence-corrected chi connectivity index (χ2v) is 6.83. The van der Waals surface area contributed by atoms with E-state index in [4.69, 9.17) is 22.2 Å². The number of carbonyl (C=O) groups is 1. The Morgan fingerprint density at radius 3 is 2.88 bits per heavy atom. The molecular weight excluding hydrogens is 350 g/mol. The van der Waals surface area contributed by atoms with E-state index in [1.165, 1.54) is 23.5 Å². The van der Waals surface area contributed by atoms with E-state index in [1.807, 2.05) is 6.92 Å². The number of halogens is 1. The van der Waals surface area contributed by atoms with Crippen LogP contribution < -0.4 is 15.9 Å². The standard InChI is InChI=1S/C15H20ClN5O2S/c1-4-5-13-19-20-15(21(13)17)24-9(2)14(22)18-10-6-7-12(23-3)11(16)8-10/h6-9H,4-5,17H2,1-3H3,(H,18,22)/t9-/m1/s1. The number of anilines is 1. The third kappa shape index (κ3) is 4.33. The van der Waals surface area contributed by atoms with Gasteiger partial charge in [-0.15, -0.1) is 10.2 Å². The molecule has 1 heterocycles. The fourth-order valence-corrected chi connectivity index (χ4v) is 3.03. The maximum absolute atomic E-state index is 12.3. The topological polar surface area (TPSA) is 95.1 Å². The first kappa shape index (κ1) is 18.4. The van der Waals surface area contributed by atoms with Gasteiger partial charge < -0.3 is 15.9 Å². The van der Waals surface area contributed by atoms with E-state index in [2.05, 4.69) is 15.5 Å². The van der Waals surface area contributed by atoms with Gasteiger partial charge in [0.25, 0.3) is 0 Å². The molecule has 0 bridgehead atoms. The van der Waals surface area contributed by atoms with Crippen LogP contribution in [0.15, 0.2) is 23.4 Å². The summed E-state index contributed by atoms with van der Waals surface area (Å²) >= 11 is 7.31. The molecule has 2 rings (SSSR count). The number of hydrogen-bond donors (Lipinski definition) is 2. The summed E-state index contributed by atoms with van der Waals surface area (Å²) in [5.41, 5.74) is 0.596. The zero-order chi connectivity index (χ0) is 17.7. The summed E-state index contributed by atoms with van der Waals surface area (Å²) in [6, 6.07) is 5.06. The van der Waals surface area contributed by atoms with Gasteiger partial charge in [-0.3, -0.25) is 4.79 Å². The highest BCUT2D eigenvalue weighted by Crippen LogP contribution is 2.28. The Morgan fingerprint density at radius 2 is 2.25 bits per heavy atom. The number of aromatic nitrogens is 3. The molecule has 0 radical (unpaired) electrons. The summed E-state index contributed by atoms with van der Waals surface area (Å²) in [5, 5.41) is 11.4. The van der Waals surface area contributed by atoms with Crippen LogP contribution in [-0.4, -0.2) is 33.1 Å². The van der Waals surface area contributed by atoms with Crippen molar-refractivity contribution in [2.75, 3.05) is 18.3 Å². The Bertz CT molecular complexity index is 722. The van der Waals surface area contributed by atoms with Crippen molar-refractivity contribution >= 4 is 35.0 Å². The van der Waals surface area contributed by atoms with Gasteiger partial charge in [-0.2, -0.15) is 0 Å². The minimum Gasteiger partial charge on any atom is -0.495 e. The van der Waals surface area contributed by atoms with Crippen LogP contribution in [0.3, 0.4) is 0 Å². The van der Waals surface area contributed by atoms with Crippen molar-refractivity contribution in [1.82, 2.24) is 14.9 Å². The molecule has 7 nitrogen and oxygen atoms in total. The van der Waals surface area contributed by atoms with Crippen LogP contribution >= 0.6 is 23.4 Å². The highest BCUT2D eigenvalue weighted by molar-refractivity contribution is 8.00. The lowest BCUT2D eigenvalue weighted by atomic mass is 10.3. The van der Waals surface area contributed by atoms with Crippen LogP contribution in [0.25, 0.3) is 0 Å². The molecule has 130 valence electrons. The van der Waals surface area contributed by atoms with Crippen LogP contribution in [-0.2, 0) is 11.2 Å². The lowest BCUT2D eigenvalue weighted by Gasteiger charge is -2.12. The molecule has 2 aromatic rings. The molecule has 3 N–H and O–H groups in total. The number of nitrogens with two attached hydrogens (primary N) is 1.